The van der Waals surface area contributed by atoms with Crippen molar-refractivity contribution in [2.45, 2.75) is 52.4 Å². The first kappa shape index (κ1) is 20.9. The van der Waals surface area contributed by atoms with Gasteiger partial charge in [-0.15, -0.1) is 0 Å². The van der Waals surface area contributed by atoms with Gasteiger partial charge in [0.15, 0.2) is 5.96 Å². The number of aliphatic imine (C=N–C) groups is 1. The second-order valence-corrected chi connectivity index (χ2v) is 8.04. The predicted molar refractivity (Wildman–Crippen MR) is 118 cm³/mol. The number of para-hydroxylation sites is 1. The topological polar surface area (TPSA) is 63.9 Å². The summed E-state index contributed by atoms with van der Waals surface area (Å²) in [5, 5.41) is 8.13. The van der Waals surface area contributed by atoms with Gasteiger partial charge in [0.05, 0.1) is 30.6 Å². The quantitative estimate of drug-likeness (QED) is 0.606. The lowest BCUT2D eigenvalue weighted by Gasteiger charge is -2.37. The van der Waals surface area contributed by atoms with Gasteiger partial charge in [-0.05, 0) is 51.3 Å². The third-order valence-electron chi connectivity index (χ3n) is 5.74. The number of nitrogens with one attached hydrogen (secondary N) is 1. The Kier molecular flexibility index (Phi) is 6.69. The van der Waals surface area contributed by atoms with E-state index in [1.807, 2.05) is 11.6 Å². The summed E-state index contributed by atoms with van der Waals surface area (Å²) in [4.78, 5) is 7.30. The molecule has 2 unspecified atom stereocenters. The minimum atomic E-state index is 0.118. The summed E-state index contributed by atoms with van der Waals surface area (Å²) in [6.45, 7) is 10.9. The molecular formula is C23H33N5O2. The molecule has 4 rings (SSSR count). The van der Waals surface area contributed by atoms with Gasteiger partial charge in [-0.2, -0.15) is 5.10 Å². The Morgan fingerprint density at radius 3 is 2.77 bits per heavy atom. The summed E-state index contributed by atoms with van der Waals surface area (Å²) in [5.74, 6) is 0.937. The number of hydrogen-bond donors (Lipinski definition) is 1. The lowest BCUT2D eigenvalue weighted by Crippen LogP contribution is -2.53. The van der Waals surface area contributed by atoms with Crippen molar-refractivity contribution >= 4 is 5.96 Å². The Labute approximate surface area is 179 Å². The van der Waals surface area contributed by atoms with Crippen LogP contribution in [0.3, 0.4) is 0 Å². The van der Waals surface area contributed by atoms with Gasteiger partial charge in [0.2, 0.25) is 0 Å². The maximum atomic E-state index is 6.01. The summed E-state index contributed by atoms with van der Waals surface area (Å²) < 4.78 is 13.9. The second kappa shape index (κ2) is 9.62. The van der Waals surface area contributed by atoms with Crippen LogP contribution in [0.25, 0.3) is 5.69 Å². The van der Waals surface area contributed by atoms with Crippen molar-refractivity contribution in [2.24, 2.45) is 4.99 Å². The molecule has 7 nitrogen and oxygen atoms in total. The zero-order chi connectivity index (χ0) is 20.9. The van der Waals surface area contributed by atoms with Gasteiger partial charge in [-0.1, -0.05) is 18.2 Å². The van der Waals surface area contributed by atoms with Crippen molar-refractivity contribution in [3.63, 3.8) is 0 Å². The maximum absolute atomic E-state index is 6.01. The van der Waals surface area contributed by atoms with E-state index in [1.165, 1.54) is 0 Å². The number of ether oxygens (including phenoxy) is 2. The number of aryl methyl sites for hydroxylation is 2. The SMILES string of the molecule is CCNC(=NCc1ccccc1-n1nc(C)cc1C)N1CCOC(C2CCCO2)C1. The zero-order valence-corrected chi connectivity index (χ0v) is 18.3. The standard InChI is InChI=1S/C23H33N5O2/c1-4-24-23(27-11-13-30-22(16-27)21-10-7-12-29-21)25-15-19-8-5-6-9-20(19)28-18(3)14-17(2)26-28/h5-6,8-9,14,21-22H,4,7,10-13,15-16H2,1-3H3,(H,24,25). The van der Waals surface area contributed by atoms with Crippen molar-refractivity contribution in [3.8, 4) is 5.69 Å². The van der Waals surface area contributed by atoms with Crippen LogP contribution >= 0.6 is 0 Å². The molecule has 0 radical (unpaired) electrons. The summed E-state index contributed by atoms with van der Waals surface area (Å²) in [6.07, 6.45) is 2.54. The minimum absolute atomic E-state index is 0.118. The highest BCUT2D eigenvalue weighted by Crippen LogP contribution is 2.22. The highest BCUT2D eigenvalue weighted by Gasteiger charge is 2.32. The molecule has 1 aromatic heterocycles. The fraction of sp³-hybridized carbons (Fsp3) is 0.565. The fourth-order valence-electron chi connectivity index (χ4n) is 4.30. The lowest BCUT2D eigenvalue weighted by atomic mass is 10.1. The molecule has 2 aliphatic rings. The number of hydrogen-bond acceptors (Lipinski definition) is 4. The third-order valence-corrected chi connectivity index (χ3v) is 5.74. The largest absolute Gasteiger partial charge is 0.375 e. The van der Waals surface area contributed by atoms with E-state index < -0.39 is 0 Å². The minimum Gasteiger partial charge on any atom is -0.375 e. The molecule has 2 atom stereocenters. The van der Waals surface area contributed by atoms with Crippen molar-refractivity contribution in [1.82, 2.24) is 20.0 Å². The highest BCUT2D eigenvalue weighted by molar-refractivity contribution is 5.80. The number of benzene rings is 1. The summed E-state index contributed by atoms with van der Waals surface area (Å²) in [6, 6.07) is 10.5. The molecule has 7 heteroatoms. The van der Waals surface area contributed by atoms with Gasteiger partial charge in [0.1, 0.15) is 6.10 Å². The molecule has 1 aromatic carbocycles. The van der Waals surface area contributed by atoms with Crippen LogP contribution in [0.15, 0.2) is 35.3 Å². The van der Waals surface area contributed by atoms with Crippen molar-refractivity contribution in [2.75, 3.05) is 32.8 Å². The molecule has 2 saturated heterocycles. The number of nitrogens with zero attached hydrogens (tertiary/aromatic N) is 4. The molecule has 2 aliphatic heterocycles. The van der Waals surface area contributed by atoms with E-state index in [-0.39, 0.29) is 12.2 Å². The number of guanidine groups is 1. The molecule has 1 N–H and O–H groups in total. The van der Waals surface area contributed by atoms with Gasteiger partial charge in [-0.3, -0.25) is 0 Å². The van der Waals surface area contributed by atoms with Crippen LogP contribution in [0.1, 0.15) is 36.7 Å². The van der Waals surface area contributed by atoms with Crippen LogP contribution in [0.5, 0.6) is 0 Å². The third kappa shape index (κ3) is 4.68. The maximum Gasteiger partial charge on any atom is 0.194 e. The van der Waals surface area contributed by atoms with Crippen LogP contribution < -0.4 is 5.32 Å². The van der Waals surface area contributed by atoms with Crippen LogP contribution in [-0.2, 0) is 16.0 Å². The Morgan fingerprint density at radius 2 is 2.03 bits per heavy atom. The molecule has 2 fully saturated rings. The van der Waals surface area contributed by atoms with Gasteiger partial charge in [0, 0.05) is 31.9 Å². The highest BCUT2D eigenvalue weighted by atomic mass is 16.5. The Balaban J connectivity index is 1.53. The first-order chi connectivity index (χ1) is 14.7. The summed E-state index contributed by atoms with van der Waals surface area (Å²) >= 11 is 0. The molecule has 0 bridgehead atoms. The molecule has 162 valence electrons. The van der Waals surface area contributed by atoms with E-state index in [9.17, 15) is 0 Å². The average Bonchev–Trinajstić information content (AvgIpc) is 3.41. The van der Waals surface area contributed by atoms with Crippen LogP contribution in [0.4, 0.5) is 0 Å². The molecule has 30 heavy (non-hydrogen) atoms. The number of morpholine rings is 1. The lowest BCUT2D eigenvalue weighted by molar-refractivity contribution is -0.0817. The van der Waals surface area contributed by atoms with E-state index in [2.05, 4.69) is 59.5 Å². The molecular weight excluding hydrogens is 378 g/mol. The van der Waals surface area contributed by atoms with E-state index in [1.54, 1.807) is 0 Å². The van der Waals surface area contributed by atoms with Crippen LogP contribution in [0.2, 0.25) is 0 Å². The predicted octanol–water partition coefficient (Wildman–Crippen LogP) is 2.83. The molecule has 0 amide bonds. The molecule has 0 saturated carbocycles. The Bertz CT molecular complexity index is 872. The van der Waals surface area contributed by atoms with Crippen molar-refractivity contribution < 1.29 is 9.47 Å². The normalized spacial score (nSPS) is 22.5. The van der Waals surface area contributed by atoms with Gasteiger partial charge < -0.3 is 19.7 Å². The Hall–Kier alpha value is -2.38. The average molecular weight is 412 g/mol. The number of rotatable bonds is 5. The van der Waals surface area contributed by atoms with Gasteiger partial charge in [0.25, 0.3) is 0 Å². The smallest absolute Gasteiger partial charge is 0.194 e. The molecule has 0 aliphatic carbocycles. The fourth-order valence-corrected chi connectivity index (χ4v) is 4.30. The summed E-state index contributed by atoms with van der Waals surface area (Å²) in [7, 11) is 0. The van der Waals surface area contributed by atoms with E-state index in [0.29, 0.717) is 13.2 Å². The van der Waals surface area contributed by atoms with Crippen molar-refractivity contribution in [1.29, 1.82) is 0 Å². The van der Waals surface area contributed by atoms with Crippen LogP contribution in [-0.4, -0.2) is 65.7 Å². The molecule has 2 aromatic rings. The zero-order valence-electron chi connectivity index (χ0n) is 18.3. The van der Waals surface area contributed by atoms with Gasteiger partial charge in [-0.25, -0.2) is 9.67 Å². The number of aromatic nitrogens is 2. The van der Waals surface area contributed by atoms with E-state index in [0.717, 1.165) is 67.7 Å². The summed E-state index contributed by atoms with van der Waals surface area (Å²) in [5.41, 5.74) is 4.39. The molecule has 0 spiro atoms. The van der Waals surface area contributed by atoms with Gasteiger partial charge >= 0.3 is 0 Å². The first-order valence-corrected chi connectivity index (χ1v) is 11.0. The molecule has 3 heterocycles. The van der Waals surface area contributed by atoms with E-state index >= 15 is 0 Å². The van der Waals surface area contributed by atoms with E-state index in [4.69, 9.17) is 14.5 Å². The first-order valence-electron chi connectivity index (χ1n) is 11.0. The van der Waals surface area contributed by atoms with Crippen molar-refractivity contribution in [3.05, 3.63) is 47.3 Å². The Morgan fingerprint density at radius 1 is 1.20 bits per heavy atom. The monoisotopic (exact) mass is 411 g/mol. The van der Waals surface area contributed by atoms with Crippen LogP contribution in [0, 0.1) is 13.8 Å². The second-order valence-electron chi connectivity index (χ2n) is 8.04.